The quantitative estimate of drug-likeness (QED) is 0.526. The summed E-state index contributed by atoms with van der Waals surface area (Å²) >= 11 is 0. The van der Waals surface area contributed by atoms with Crippen molar-refractivity contribution in [3.63, 3.8) is 0 Å². The summed E-state index contributed by atoms with van der Waals surface area (Å²) in [4.78, 5) is 11.5. The summed E-state index contributed by atoms with van der Waals surface area (Å²) in [6, 6.07) is 0. The minimum Gasteiger partial charge on any atom is -0.462 e. The number of allylic oxidation sites excluding steroid dienone is 2. The van der Waals surface area contributed by atoms with E-state index in [1.54, 1.807) is 0 Å². The Morgan fingerprint density at radius 1 is 1.33 bits per heavy atom. The molecule has 1 unspecified atom stereocenters. The topological polar surface area (TPSA) is 26.3 Å². The molecule has 0 aromatic rings. The van der Waals surface area contributed by atoms with Crippen LogP contribution < -0.4 is 0 Å². The van der Waals surface area contributed by atoms with Crippen LogP contribution in [0.25, 0.3) is 0 Å². The van der Waals surface area contributed by atoms with Crippen molar-refractivity contribution in [3.05, 3.63) is 12.2 Å². The molecule has 0 saturated heterocycles. The van der Waals surface area contributed by atoms with Gasteiger partial charge in [-0.1, -0.05) is 26.0 Å². The highest BCUT2D eigenvalue weighted by Crippen LogP contribution is 2.16. The van der Waals surface area contributed by atoms with Crippen molar-refractivity contribution in [1.82, 2.24) is 0 Å². The SMILES string of the molecule is CC(C)CC(=O)OC1CC/C=C\CCC1. The smallest absolute Gasteiger partial charge is 0.306 e. The molecule has 0 amide bonds. The molecule has 1 aliphatic rings. The molecule has 0 saturated carbocycles. The van der Waals surface area contributed by atoms with Gasteiger partial charge in [0.15, 0.2) is 0 Å². The second-order valence-electron chi connectivity index (χ2n) is 4.69. The van der Waals surface area contributed by atoms with Crippen LogP contribution in [0.3, 0.4) is 0 Å². The van der Waals surface area contributed by atoms with Crippen LogP contribution in [-0.4, -0.2) is 12.1 Å². The van der Waals surface area contributed by atoms with E-state index in [0.29, 0.717) is 12.3 Å². The summed E-state index contributed by atoms with van der Waals surface area (Å²) in [6.07, 6.45) is 10.4. The van der Waals surface area contributed by atoms with Crippen molar-refractivity contribution >= 4 is 5.97 Å². The molecular weight excluding hydrogens is 188 g/mol. The van der Waals surface area contributed by atoms with E-state index in [0.717, 1.165) is 32.1 Å². The maximum atomic E-state index is 11.5. The predicted molar refractivity (Wildman–Crippen MR) is 61.6 cm³/mol. The van der Waals surface area contributed by atoms with Gasteiger partial charge in [-0.15, -0.1) is 0 Å². The Balaban J connectivity index is 2.29. The maximum absolute atomic E-state index is 11.5. The molecular formula is C13H22O2. The van der Waals surface area contributed by atoms with Gasteiger partial charge in [0.25, 0.3) is 0 Å². The zero-order valence-corrected chi connectivity index (χ0v) is 9.87. The van der Waals surface area contributed by atoms with E-state index in [9.17, 15) is 4.79 Å². The van der Waals surface area contributed by atoms with Gasteiger partial charge in [0.05, 0.1) is 0 Å². The number of hydrogen-bond donors (Lipinski definition) is 0. The number of carbonyl (C=O) groups is 1. The van der Waals surface area contributed by atoms with Crippen LogP contribution in [0.15, 0.2) is 12.2 Å². The second kappa shape index (κ2) is 6.65. The van der Waals surface area contributed by atoms with E-state index in [2.05, 4.69) is 12.2 Å². The first-order valence-electron chi connectivity index (χ1n) is 6.03. The Labute approximate surface area is 92.7 Å². The zero-order chi connectivity index (χ0) is 11.1. The Morgan fingerprint density at radius 2 is 2.07 bits per heavy atom. The van der Waals surface area contributed by atoms with Crippen molar-refractivity contribution in [3.8, 4) is 0 Å². The summed E-state index contributed by atoms with van der Waals surface area (Å²) in [5.74, 6) is 0.366. The number of ether oxygens (including phenoxy) is 1. The van der Waals surface area contributed by atoms with Crippen LogP contribution in [0, 0.1) is 5.92 Å². The van der Waals surface area contributed by atoms with E-state index in [1.165, 1.54) is 0 Å². The molecule has 15 heavy (non-hydrogen) atoms. The molecule has 2 heteroatoms. The van der Waals surface area contributed by atoms with Crippen LogP contribution in [-0.2, 0) is 9.53 Å². The number of esters is 1. The molecule has 1 aliphatic carbocycles. The highest BCUT2D eigenvalue weighted by atomic mass is 16.5. The third-order valence-electron chi connectivity index (χ3n) is 2.59. The average molecular weight is 210 g/mol. The molecule has 0 N–H and O–H groups in total. The van der Waals surface area contributed by atoms with Crippen molar-refractivity contribution < 1.29 is 9.53 Å². The molecule has 0 aromatic carbocycles. The lowest BCUT2D eigenvalue weighted by Gasteiger charge is -2.18. The van der Waals surface area contributed by atoms with Gasteiger partial charge < -0.3 is 4.74 Å². The fourth-order valence-electron chi connectivity index (χ4n) is 1.81. The fraction of sp³-hybridized carbons (Fsp3) is 0.769. The van der Waals surface area contributed by atoms with E-state index in [1.807, 2.05) is 13.8 Å². The predicted octanol–water partition coefficient (Wildman–Crippen LogP) is 3.46. The van der Waals surface area contributed by atoms with Gasteiger partial charge in [0, 0.05) is 6.42 Å². The van der Waals surface area contributed by atoms with E-state index in [-0.39, 0.29) is 12.1 Å². The lowest BCUT2D eigenvalue weighted by atomic mass is 10.0. The molecule has 0 bridgehead atoms. The standard InChI is InChI=1S/C13H22O2/c1-11(2)10-13(14)15-12-8-6-4-3-5-7-9-12/h3-4,11-12H,5-10H2,1-2H3/b4-3-. The summed E-state index contributed by atoms with van der Waals surface area (Å²) in [7, 11) is 0. The third kappa shape index (κ3) is 5.60. The summed E-state index contributed by atoms with van der Waals surface area (Å²) in [5, 5.41) is 0. The highest BCUT2D eigenvalue weighted by molar-refractivity contribution is 5.69. The first-order chi connectivity index (χ1) is 7.18. The summed E-state index contributed by atoms with van der Waals surface area (Å²) in [5.41, 5.74) is 0. The molecule has 0 spiro atoms. The van der Waals surface area contributed by atoms with Crippen molar-refractivity contribution in [2.75, 3.05) is 0 Å². The zero-order valence-electron chi connectivity index (χ0n) is 9.87. The third-order valence-corrected chi connectivity index (χ3v) is 2.59. The number of rotatable bonds is 3. The molecule has 1 rings (SSSR count). The van der Waals surface area contributed by atoms with Crippen molar-refractivity contribution in [2.45, 2.75) is 58.5 Å². The normalized spacial score (nSPS) is 24.3. The Hall–Kier alpha value is -0.790. The van der Waals surface area contributed by atoms with Crippen LogP contribution >= 0.6 is 0 Å². The number of carbonyl (C=O) groups excluding carboxylic acids is 1. The van der Waals surface area contributed by atoms with Crippen molar-refractivity contribution in [2.24, 2.45) is 5.92 Å². The van der Waals surface area contributed by atoms with Gasteiger partial charge >= 0.3 is 5.97 Å². The van der Waals surface area contributed by atoms with E-state index >= 15 is 0 Å². The summed E-state index contributed by atoms with van der Waals surface area (Å²) < 4.78 is 5.46. The van der Waals surface area contributed by atoms with Gasteiger partial charge in [-0.05, 0) is 38.0 Å². The highest BCUT2D eigenvalue weighted by Gasteiger charge is 2.15. The molecule has 0 radical (unpaired) electrons. The number of hydrogen-bond acceptors (Lipinski definition) is 2. The Morgan fingerprint density at radius 3 is 2.80 bits per heavy atom. The maximum Gasteiger partial charge on any atom is 0.306 e. The lowest BCUT2D eigenvalue weighted by molar-refractivity contribution is -0.150. The summed E-state index contributed by atoms with van der Waals surface area (Å²) in [6.45, 7) is 4.09. The molecule has 0 aliphatic heterocycles. The van der Waals surface area contributed by atoms with E-state index < -0.39 is 0 Å². The molecule has 0 aromatic heterocycles. The molecule has 86 valence electrons. The molecule has 0 heterocycles. The van der Waals surface area contributed by atoms with E-state index in [4.69, 9.17) is 4.74 Å². The minimum atomic E-state index is -0.0282. The second-order valence-corrected chi connectivity index (χ2v) is 4.69. The first-order valence-corrected chi connectivity index (χ1v) is 6.03. The van der Waals surface area contributed by atoms with Crippen LogP contribution in [0.2, 0.25) is 0 Å². The largest absolute Gasteiger partial charge is 0.462 e. The first kappa shape index (κ1) is 12.3. The average Bonchev–Trinajstić information content (AvgIpc) is 2.08. The van der Waals surface area contributed by atoms with Crippen LogP contribution in [0.5, 0.6) is 0 Å². The lowest BCUT2D eigenvalue weighted by Crippen LogP contribution is -2.19. The monoisotopic (exact) mass is 210 g/mol. The van der Waals surface area contributed by atoms with Gasteiger partial charge in [-0.2, -0.15) is 0 Å². The van der Waals surface area contributed by atoms with Gasteiger partial charge in [-0.3, -0.25) is 4.79 Å². The Bertz CT molecular complexity index is 219. The minimum absolute atomic E-state index is 0.0282. The Kier molecular flexibility index (Phi) is 5.44. The molecule has 1 atom stereocenters. The van der Waals surface area contributed by atoms with Gasteiger partial charge in [0.1, 0.15) is 6.10 Å². The van der Waals surface area contributed by atoms with Gasteiger partial charge in [-0.25, -0.2) is 0 Å². The van der Waals surface area contributed by atoms with Gasteiger partial charge in [0.2, 0.25) is 0 Å². The van der Waals surface area contributed by atoms with Crippen LogP contribution in [0.1, 0.15) is 52.4 Å². The molecule has 0 fully saturated rings. The van der Waals surface area contributed by atoms with Crippen LogP contribution in [0.4, 0.5) is 0 Å². The fourth-order valence-corrected chi connectivity index (χ4v) is 1.81. The van der Waals surface area contributed by atoms with Crippen molar-refractivity contribution in [1.29, 1.82) is 0 Å². The molecule has 2 nitrogen and oxygen atoms in total.